The molecule has 0 atom stereocenters. The number of fused-ring (bicyclic) bond motifs is 1. The predicted molar refractivity (Wildman–Crippen MR) is 126 cm³/mol. The molecular formula is C24H20ClN3O3S. The molecule has 1 amide bonds. The number of halogens is 1. The molecule has 0 radical (unpaired) electrons. The summed E-state index contributed by atoms with van der Waals surface area (Å²) in [4.78, 5) is 33.7. The van der Waals surface area contributed by atoms with Gasteiger partial charge in [0, 0.05) is 21.5 Å². The maximum Gasteiger partial charge on any atom is 0.340 e. The van der Waals surface area contributed by atoms with Crippen molar-refractivity contribution in [1.29, 1.82) is 0 Å². The molecule has 0 saturated carbocycles. The van der Waals surface area contributed by atoms with E-state index in [9.17, 15) is 9.59 Å². The van der Waals surface area contributed by atoms with Crippen LogP contribution in [-0.4, -0.2) is 21.8 Å². The van der Waals surface area contributed by atoms with E-state index >= 15 is 0 Å². The number of esters is 1. The van der Waals surface area contributed by atoms with E-state index < -0.39 is 5.97 Å². The zero-order chi connectivity index (χ0) is 22.7. The van der Waals surface area contributed by atoms with E-state index in [1.807, 2.05) is 37.3 Å². The summed E-state index contributed by atoms with van der Waals surface area (Å²) in [5.74, 6) is -0.633. The average molecular weight is 466 g/mol. The van der Waals surface area contributed by atoms with E-state index in [-0.39, 0.29) is 18.9 Å². The second-order valence-electron chi connectivity index (χ2n) is 7.36. The number of hydrogen-bond donors (Lipinski definition) is 1. The maximum atomic E-state index is 12.6. The van der Waals surface area contributed by atoms with Gasteiger partial charge in [-0.3, -0.25) is 9.78 Å². The number of amides is 1. The number of nitrogens with one attached hydrogen (secondary N) is 1. The van der Waals surface area contributed by atoms with Crippen LogP contribution in [0.4, 0.5) is 5.69 Å². The first-order valence-corrected chi connectivity index (χ1v) is 11.2. The lowest BCUT2D eigenvalue weighted by atomic mass is 10.1. The Morgan fingerprint density at radius 3 is 2.62 bits per heavy atom. The van der Waals surface area contributed by atoms with Crippen molar-refractivity contribution in [2.45, 2.75) is 26.9 Å². The minimum Gasteiger partial charge on any atom is -0.455 e. The lowest BCUT2D eigenvalue weighted by molar-refractivity contribution is -0.115. The quantitative estimate of drug-likeness (QED) is 0.380. The topological polar surface area (TPSA) is 81.2 Å². The van der Waals surface area contributed by atoms with Gasteiger partial charge in [0.2, 0.25) is 5.91 Å². The van der Waals surface area contributed by atoms with Gasteiger partial charge in [-0.2, -0.15) is 0 Å². The molecule has 0 fully saturated rings. The van der Waals surface area contributed by atoms with Crippen LogP contribution in [0, 0.1) is 13.8 Å². The molecule has 6 nitrogen and oxygen atoms in total. The van der Waals surface area contributed by atoms with Crippen LogP contribution in [0.2, 0.25) is 5.02 Å². The molecule has 0 aliphatic rings. The van der Waals surface area contributed by atoms with Crippen LogP contribution in [0.5, 0.6) is 0 Å². The van der Waals surface area contributed by atoms with Crippen molar-refractivity contribution in [2.24, 2.45) is 0 Å². The largest absolute Gasteiger partial charge is 0.455 e. The predicted octanol–water partition coefficient (Wildman–Crippen LogP) is 5.50. The van der Waals surface area contributed by atoms with Crippen LogP contribution in [0.25, 0.3) is 10.9 Å². The standard InChI is InChI=1S/C24H20ClN3O3S/c1-14-3-6-18(7-4-14)27-22(29)11-23-28-19(13-32-23)12-31-24(30)20-10-16-9-17(25)5-8-21(16)26-15(20)2/h3-10,13H,11-12H2,1-2H3,(H,27,29). The third-order valence-corrected chi connectivity index (χ3v) is 5.92. The van der Waals surface area contributed by atoms with E-state index in [1.165, 1.54) is 11.3 Å². The van der Waals surface area contributed by atoms with Gasteiger partial charge in [-0.15, -0.1) is 11.3 Å². The van der Waals surface area contributed by atoms with Gasteiger partial charge < -0.3 is 10.1 Å². The molecule has 0 spiro atoms. The summed E-state index contributed by atoms with van der Waals surface area (Å²) in [6.07, 6.45) is 0.154. The summed E-state index contributed by atoms with van der Waals surface area (Å²) in [5, 5.41) is 6.63. The summed E-state index contributed by atoms with van der Waals surface area (Å²) in [5.41, 5.74) is 4.18. The average Bonchev–Trinajstić information content (AvgIpc) is 3.20. The lowest BCUT2D eigenvalue weighted by Crippen LogP contribution is -2.14. The van der Waals surface area contributed by atoms with Crippen LogP contribution in [0.3, 0.4) is 0 Å². The van der Waals surface area contributed by atoms with Gasteiger partial charge in [0.15, 0.2) is 0 Å². The summed E-state index contributed by atoms with van der Waals surface area (Å²) >= 11 is 7.40. The third-order valence-electron chi connectivity index (χ3n) is 4.78. The Morgan fingerprint density at radius 2 is 1.84 bits per heavy atom. The first kappa shape index (κ1) is 21.9. The number of rotatable bonds is 6. The van der Waals surface area contributed by atoms with Crippen molar-refractivity contribution in [3.05, 3.63) is 86.5 Å². The van der Waals surface area contributed by atoms with E-state index in [0.29, 0.717) is 27.0 Å². The number of anilines is 1. The molecule has 0 aliphatic heterocycles. The van der Waals surface area contributed by atoms with Gasteiger partial charge >= 0.3 is 5.97 Å². The number of carbonyl (C=O) groups is 2. The van der Waals surface area contributed by atoms with Crippen LogP contribution in [0.15, 0.2) is 53.9 Å². The van der Waals surface area contributed by atoms with Gasteiger partial charge in [0.1, 0.15) is 11.6 Å². The molecule has 0 saturated heterocycles. The highest BCUT2D eigenvalue weighted by molar-refractivity contribution is 7.09. The second kappa shape index (κ2) is 9.46. The molecule has 4 aromatic rings. The maximum absolute atomic E-state index is 12.6. The highest BCUT2D eigenvalue weighted by atomic mass is 35.5. The molecule has 0 unspecified atom stereocenters. The van der Waals surface area contributed by atoms with E-state index in [0.717, 1.165) is 22.2 Å². The Balaban J connectivity index is 1.36. The smallest absolute Gasteiger partial charge is 0.340 e. The molecule has 8 heteroatoms. The number of carbonyl (C=O) groups excluding carboxylic acids is 2. The van der Waals surface area contributed by atoms with Gasteiger partial charge in [-0.05, 0) is 50.2 Å². The highest BCUT2D eigenvalue weighted by Crippen LogP contribution is 2.22. The number of benzene rings is 2. The van der Waals surface area contributed by atoms with Crippen molar-refractivity contribution < 1.29 is 14.3 Å². The molecule has 2 aromatic heterocycles. The van der Waals surface area contributed by atoms with Crippen molar-refractivity contribution in [3.63, 3.8) is 0 Å². The van der Waals surface area contributed by atoms with Crippen molar-refractivity contribution in [2.75, 3.05) is 5.32 Å². The fraction of sp³-hybridized carbons (Fsp3) is 0.167. The molecule has 162 valence electrons. The molecule has 4 rings (SSSR count). The first-order chi connectivity index (χ1) is 15.4. The van der Waals surface area contributed by atoms with Crippen molar-refractivity contribution >= 4 is 51.4 Å². The van der Waals surface area contributed by atoms with Crippen LogP contribution in [-0.2, 0) is 22.6 Å². The summed E-state index contributed by atoms with van der Waals surface area (Å²) in [6.45, 7) is 3.77. The molecule has 0 bridgehead atoms. The van der Waals surface area contributed by atoms with E-state index in [1.54, 1.807) is 30.5 Å². The number of hydrogen-bond acceptors (Lipinski definition) is 6. The normalized spacial score (nSPS) is 10.8. The first-order valence-electron chi connectivity index (χ1n) is 9.91. The minimum absolute atomic E-state index is 0.0158. The highest BCUT2D eigenvalue weighted by Gasteiger charge is 2.15. The monoisotopic (exact) mass is 465 g/mol. The van der Waals surface area contributed by atoms with Crippen molar-refractivity contribution in [3.8, 4) is 0 Å². The van der Waals surface area contributed by atoms with Crippen LogP contribution < -0.4 is 5.32 Å². The van der Waals surface area contributed by atoms with Gasteiger partial charge in [-0.1, -0.05) is 29.3 Å². The molecular weight excluding hydrogens is 446 g/mol. The third kappa shape index (κ3) is 5.30. The number of aryl methyl sites for hydroxylation is 2. The van der Waals surface area contributed by atoms with E-state index in [4.69, 9.17) is 16.3 Å². The number of ether oxygens (including phenoxy) is 1. The summed E-state index contributed by atoms with van der Waals surface area (Å²) < 4.78 is 5.43. The Bertz CT molecular complexity index is 1300. The summed E-state index contributed by atoms with van der Waals surface area (Å²) in [6, 6.07) is 14.7. The Labute approximate surface area is 194 Å². The fourth-order valence-corrected chi connectivity index (χ4v) is 4.10. The van der Waals surface area contributed by atoms with Gasteiger partial charge in [-0.25, -0.2) is 9.78 Å². The minimum atomic E-state index is -0.483. The molecule has 0 aliphatic carbocycles. The van der Waals surface area contributed by atoms with Crippen LogP contribution >= 0.6 is 22.9 Å². The molecule has 32 heavy (non-hydrogen) atoms. The SMILES string of the molecule is Cc1ccc(NC(=O)Cc2nc(COC(=O)c3cc4cc(Cl)ccc4nc3C)cs2)cc1. The Kier molecular flexibility index (Phi) is 6.48. The second-order valence-corrected chi connectivity index (χ2v) is 8.74. The van der Waals surface area contributed by atoms with Gasteiger partial charge in [0.25, 0.3) is 0 Å². The Hall–Kier alpha value is -3.29. The van der Waals surface area contributed by atoms with Gasteiger partial charge in [0.05, 0.1) is 28.9 Å². The zero-order valence-electron chi connectivity index (χ0n) is 17.5. The van der Waals surface area contributed by atoms with E-state index in [2.05, 4.69) is 15.3 Å². The fourth-order valence-electron chi connectivity index (χ4n) is 3.14. The zero-order valence-corrected chi connectivity index (χ0v) is 19.1. The van der Waals surface area contributed by atoms with Crippen molar-refractivity contribution in [1.82, 2.24) is 9.97 Å². The molecule has 1 N–H and O–H groups in total. The number of pyridine rings is 1. The molecule has 2 aromatic carbocycles. The molecule has 2 heterocycles. The summed E-state index contributed by atoms with van der Waals surface area (Å²) in [7, 11) is 0. The number of aromatic nitrogens is 2. The van der Waals surface area contributed by atoms with Crippen LogP contribution in [0.1, 0.15) is 32.3 Å². The lowest BCUT2D eigenvalue weighted by Gasteiger charge is -2.08. The number of thiazole rings is 1. The number of nitrogens with zero attached hydrogens (tertiary/aromatic N) is 2. The Morgan fingerprint density at radius 1 is 1.06 bits per heavy atom.